The molecule has 2 atom stereocenters. The molecule has 0 spiro atoms. The highest BCUT2D eigenvalue weighted by Crippen LogP contribution is 2.10. The summed E-state index contributed by atoms with van der Waals surface area (Å²) in [5.74, 6) is 0.449. The Morgan fingerprint density at radius 3 is 2.44 bits per heavy atom. The van der Waals surface area contributed by atoms with Crippen molar-refractivity contribution in [2.75, 3.05) is 13.1 Å². The molecule has 0 aromatic rings. The van der Waals surface area contributed by atoms with Crippen LogP contribution in [0.25, 0.3) is 0 Å². The first-order valence-corrected chi connectivity index (χ1v) is 6.13. The van der Waals surface area contributed by atoms with Gasteiger partial charge in [0.15, 0.2) is 0 Å². The monoisotopic (exact) mass is 230 g/mol. The van der Waals surface area contributed by atoms with Crippen LogP contribution >= 0.6 is 0 Å². The lowest BCUT2D eigenvalue weighted by Gasteiger charge is -2.16. The molecule has 16 heavy (non-hydrogen) atoms. The summed E-state index contributed by atoms with van der Waals surface area (Å²) in [5, 5.41) is 11.9. The first-order valence-electron chi connectivity index (χ1n) is 6.13. The molecule has 0 saturated carbocycles. The zero-order valence-corrected chi connectivity index (χ0v) is 10.7. The number of hydrogen-bond acceptors (Lipinski definition) is 3. The minimum absolute atomic E-state index is 0.0433. The van der Waals surface area contributed by atoms with E-state index in [0.717, 1.165) is 19.3 Å². The van der Waals surface area contributed by atoms with Gasteiger partial charge in [0.1, 0.15) is 0 Å². The van der Waals surface area contributed by atoms with Crippen LogP contribution in [0.15, 0.2) is 0 Å². The first kappa shape index (κ1) is 15.4. The number of carbonyl (C=O) groups excluding carboxylic acids is 1. The first-order chi connectivity index (χ1) is 7.47. The number of amides is 1. The topological polar surface area (TPSA) is 75.4 Å². The molecule has 0 aliphatic heterocycles. The number of aliphatic hydroxyl groups excluding tert-OH is 1. The molecule has 4 nitrogen and oxygen atoms in total. The van der Waals surface area contributed by atoms with E-state index in [-0.39, 0.29) is 17.9 Å². The average Bonchev–Trinajstić information content (AvgIpc) is 2.20. The van der Waals surface area contributed by atoms with Gasteiger partial charge >= 0.3 is 0 Å². The Balaban J connectivity index is 3.75. The summed E-state index contributed by atoms with van der Waals surface area (Å²) in [6.45, 7) is 6.95. The van der Waals surface area contributed by atoms with Gasteiger partial charge < -0.3 is 16.2 Å². The van der Waals surface area contributed by atoms with Gasteiger partial charge in [-0.05, 0) is 32.1 Å². The van der Waals surface area contributed by atoms with Crippen LogP contribution in [0.4, 0.5) is 0 Å². The Bertz CT molecular complexity index is 193. The third-order valence-corrected chi connectivity index (χ3v) is 2.51. The molecular formula is C12H26N2O2. The Morgan fingerprint density at radius 2 is 2.00 bits per heavy atom. The fourth-order valence-electron chi connectivity index (χ4n) is 1.63. The van der Waals surface area contributed by atoms with Crippen molar-refractivity contribution in [3.05, 3.63) is 0 Å². The van der Waals surface area contributed by atoms with E-state index in [4.69, 9.17) is 10.8 Å². The largest absolute Gasteiger partial charge is 0.393 e. The van der Waals surface area contributed by atoms with E-state index < -0.39 is 0 Å². The number of aliphatic hydroxyl groups is 1. The predicted molar refractivity (Wildman–Crippen MR) is 65.9 cm³/mol. The molecule has 0 saturated heterocycles. The maximum atomic E-state index is 11.7. The van der Waals surface area contributed by atoms with Crippen molar-refractivity contribution in [1.82, 2.24) is 5.32 Å². The molecule has 4 heteroatoms. The highest BCUT2D eigenvalue weighted by molar-refractivity contribution is 5.78. The SMILES string of the molecule is CC(C)CC(CN)C(=O)NCCCC(C)O. The quantitative estimate of drug-likeness (QED) is 0.542. The van der Waals surface area contributed by atoms with Gasteiger partial charge in [0.05, 0.1) is 12.0 Å². The fourth-order valence-corrected chi connectivity index (χ4v) is 1.63. The van der Waals surface area contributed by atoms with Gasteiger partial charge in [-0.2, -0.15) is 0 Å². The normalized spacial score (nSPS) is 14.9. The summed E-state index contributed by atoms with van der Waals surface area (Å²) in [6, 6.07) is 0. The average molecular weight is 230 g/mol. The van der Waals surface area contributed by atoms with Crippen molar-refractivity contribution in [3.8, 4) is 0 Å². The molecule has 0 bridgehead atoms. The molecule has 0 fully saturated rings. The zero-order chi connectivity index (χ0) is 12.6. The summed E-state index contributed by atoms with van der Waals surface area (Å²) in [5.41, 5.74) is 5.57. The maximum Gasteiger partial charge on any atom is 0.224 e. The van der Waals surface area contributed by atoms with Gasteiger partial charge in [0.25, 0.3) is 0 Å². The molecule has 1 amide bonds. The lowest BCUT2D eigenvalue weighted by molar-refractivity contribution is -0.125. The van der Waals surface area contributed by atoms with E-state index >= 15 is 0 Å². The number of rotatable bonds is 8. The Labute approximate surface area is 98.6 Å². The van der Waals surface area contributed by atoms with Crippen LogP contribution in [0.5, 0.6) is 0 Å². The zero-order valence-electron chi connectivity index (χ0n) is 10.7. The lowest BCUT2D eigenvalue weighted by Crippen LogP contribution is -2.36. The molecular weight excluding hydrogens is 204 g/mol. The Morgan fingerprint density at radius 1 is 1.38 bits per heavy atom. The summed E-state index contributed by atoms with van der Waals surface area (Å²) in [7, 11) is 0. The third kappa shape index (κ3) is 7.65. The molecule has 96 valence electrons. The maximum absolute atomic E-state index is 11.7. The standard InChI is InChI=1S/C12H26N2O2/c1-9(2)7-11(8-13)12(16)14-6-4-5-10(3)15/h9-11,15H,4-8,13H2,1-3H3,(H,14,16). The van der Waals surface area contributed by atoms with Crippen LogP contribution in [0.2, 0.25) is 0 Å². The van der Waals surface area contributed by atoms with Gasteiger partial charge in [-0.15, -0.1) is 0 Å². The summed E-state index contributed by atoms with van der Waals surface area (Å²) in [4.78, 5) is 11.7. The van der Waals surface area contributed by atoms with E-state index in [1.165, 1.54) is 0 Å². The highest BCUT2D eigenvalue weighted by atomic mass is 16.3. The van der Waals surface area contributed by atoms with E-state index in [0.29, 0.717) is 19.0 Å². The summed E-state index contributed by atoms with van der Waals surface area (Å²) < 4.78 is 0. The number of carbonyl (C=O) groups is 1. The number of hydrogen-bond donors (Lipinski definition) is 3. The van der Waals surface area contributed by atoms with Gasteiger partial charge in [0.2, 0.25) is 5.91 Å². The molecule has 0 heterocycles. The van der Waals surface area contributed by atoms with E-state index in [2.05, 4.69) is 19.2 Å². The smallest absolute Gasteiger partial charge is 0.224 e. The van der Waals surface area contributed by atoms with Crippen LogP contribution in [0, 0.1) is 11.8 Å². The second kappa shape index (κ2) is 8.53. The van der Waals surface area contributed by atoms with Gasteiger partial charge in [-0.1, -0.05) is 13.8 Å². The van der Waals surface area contributed by atoms with E-state index in [9.17, 15) is 4.79 Å². The number of nitrogens with two attached hydrogens (primary N) is 1. The molecule has 0 rings (SSSR count). The highest BCUT2D eigenvalue weighted by Gasteiger charge is 2.17. The lowest BCUT2D eigenvalue weighted by atomic mass is 9.96. The molecule has 0 aromatic carbocycles. The van der Waals surface area contributed by atoms with Crippen LogP contribution in [-0.2, 0) is 4.79 Å². The summed E-state index contributed by atoms with van der Waals surface area (Å²) >= 11 is 0. The van der Waals surface area contributed by atoms with Crippen molar-refractivity contribution in [2.24, 2.45) is 17.6 Å². The molecule has 4 N–H and O–H groups in total. The minimum atomic E-state index is -0.294. The van der Waals surface area contributed by atoms with Crippen LogP contribution in [0.1, 0.15) is 40.0 Å². The van der Waals surface area contributed by atoms with E-state index in [1.54, 1.807) is 6.92 Å². The second-order valence-electron chi connectivity index (χ2n) is 4.84. The van der Waals surface area contributed by atoms with Crippen LogP contribution in [0.3, 0.4) is 0 Å². The van der Waals surface area contributed by atoms with Crippen molar-refractivity contribution < 1.29 is 9.90 Å². The number of nitrogens with one attached hydrogen (secondary N) is 1. The Kier molecular flexibility index (Phi) is 8.21. The predicted octanol–water partition coefficient (Wildman–Crippen LogP) is 0.885. The van der Waals surface area contributed by atoms with Crippen molar-refractivity contribution in [3.63, 3.8) is 0 Å². The van der Waals surface area contributed by atoms with Crippen molar-refractivity contribution >= 4 is 5.91 Å². The van der Waals surface area contributed by atoms with Crippen LogP contribution in [-0.4, -0.2) is 30.2 Å². The molecule has 0 aliphatic rings. The van der Waals surface area contributed by atoms with Crippen molar-refractivity contribution in [2.45, 2.75) is 46.1 Å². The fraction of sp³-hybridized carbons (Fsp3) is 0.917. The Hall–Kier alpha value is -0.610. The molecule has 0 aromatic heterocycles. The van der Waals surface area contributed by atoms with Crippen molar-refractivity contribution in [1.29, 1.82) is 0 Å². The van der Waals surface area contributed by atoms with Gasteiger partial charge in [-0.25, -0.2) is 0 Å². The molecule has 2 unspecified atom stereocenters. The van der Waals surface area contributed by atoms with Gasteiger partial charge in [0, 0.05) is 13.1 Å². The second-order valence-corrected chi connectivity index (χ2v) is 4.84. The molecule has 0 radical (unpaired) electrons. The minimum Gasteiger partial charge on any atom is -0.393 e. The van der Waals surface area contributed by atoms with E-state index in [1.807, 2.05) is 0 Å². The van der Waals surface area contributed by atoms with Crippen LogP contribution < -0.4 is 11.1 Å². The van der Waals surface area contributed by atoms with Gasteiger partial charge in [-0.3, -0.25) is 4.79 Å². The third-order valence-electron chi connectivity index (χ3n) is 2.51. The summed E-state index contributed by atoms with van der Waals surface area (Å²) in [6.07, 6.45) is 2.07. The molecule has 0 aliphatic carbocycles.